The minimum Gasteiger partial charge on any atom is -0.362 e. The standard InChI is InChI=1S/C8H13N3O3S/c1-3-9-8-10-6(2)7(15-8)4-5-14-11(12)13/h3-5H2,1-2H3,(H,9,10). The zero-order valence-electron chi connectivity index (χ0n) is 8.65. The van der Waals surface area contributed by atoms with Crippen molar-refractivity contribution in [3.8, 4) is 0 Å². The lowest BCUT2D eigenvalue weighted by atomic mass is 10.3. The lowest BCUT2D eigenvalue weighted by Gasteiger charge is -1.96. The third-order valence-corrected chi connectivity index (χ3v) is 2.92. The first kappa shape index (κ1) is 11.7. The summed E-state index contributed by atoms with van der Waals surface area (Å²) >= 11 is 1.51. The highest BCUT2D eigenvalue weighted by Crippen LogP contribution is 2.22. The molecule has 0 aromatic carbocycles. The van der Waals surface area contributed by atoms with Crippen LogP contribution in [-0.2, 0) is 11.3 Å². The highest BCUT2D eigenvalue weighted by molar-refractivity contribution is 7.15. The molecule has 1 heterocycles. The molecule has 0 atom stereocenters. The van der Waals surface area contributed by atoms with Gasteiger partial charge in [-0.05, 0) is 13.8 Å². The maximum absolute atomic E-state index is 9.94. The maximum Gasteiger partial charge on any atom is 0.294 e. The molecule has 15 heavy (non-hydrogen) atoms. The Bertz CT molecular complexity index is 340. The highest BCUT2D eigenvalue weighted by Gasteiger charge is 2.07. The van der Waals surface area contributed by atoms with Crippen molar-refractivity contribution in [1.82, 2.24) is 4.98 Å². The summed E-state index contributed by atoms with van der Waals surface area (Å²) in [5.41, 5.74) is 0.905. The predicted molar refractivity (Wildman–Crippen MR) is 57.7 cm³/mol. The average molecular weight is 231 g/mol. The number of rotatable bonds is 6. The monoisotopic (exact) mass is 231 g/mol. The van der Waals surface area contributed by atoms with Crippen molar-refractivity contribution in [3.63, 3.8) is 0 Å². The van der Waals surface area contributed by atoms with E-state index in [2.05, 4.69) is 15.1 Å². The van der Waals surface area contributed by atoms with Crippen molar-refractivity contribution >= 4 is 16.5 Å². The topological polar surface area (TPSA) is 77.3 Å². The van der Waals surface area contributed by atoms with Gasteiger partial charge in [0, 0.05) is 17.8 Å². The fourth-order valence-corrected chi connectivity index (χ4v) is 2.11. The number of hydrogen-bond donors (Lipinski definition) is 1. The van der Waals surface area contributed by atoms with E-state index in [1.54, 1.807) is 0 Å². The minimum atomic E-state index is -0.776. The molecule has 0 saturated heterocycles. The van der Waals surface area contributed by atoms with Crippen LogP contribution in [0.1, 0.15) is 17.5 Å². The van der Waals surface area contributed by atoms with Gasteiger partial charge in [0.2, 0.25) is 0 Å². The second-order valence-electron chi connectivity index (χ2n) is 2.86. The van der Waals surface area contributed by atoms with Gasteiger partial charge in [0.15, 0.2) is 5.13 Å². The lowest BCUT2D eigenvalue weighted by molar-refractivity contribution is -0.757. The summed E-state index contributed by atoms with van der Waals surface area (Å²) in [6.07, 6.45) is 0.524. The van der Waals surface area contributed by atoms with Gasteiger partial charge in [0.05, 0.1) is 5.69 Å². The molecule has 1 rings (SSSR count). The van der Waals surface area contributed by atoms with Gasteiger partial charge in [-0.1, -0.05) is 0 Å². The molecular weight excluding hydrogens is 218 g/mol. The van der Waals surface area contributed by atoms with Crippen LogP contribution in [0.4, 0.5) is 5.13 Å². The second kappa shape index (κ2) is 5.50. The van der Waals surface area contributed by atoms with E-state index in [0.29, 0.717) is 6.42 Å². The van der Waals surface area contributed by atoms with Gasteiger partial charge in [-0.2, -0.15) is 0 Å². The zero-order chi connectivity index (χ0) is 11.3. The van der Waals surface area contributed by atoms with Crippen molar-refractivity contribution in [2.45, 2.75) is 20.3 Å². The third kappa shape index (κ3) is 3.70. The summed E-state index contributed by atoms with van der Waals surface area (Å²) < 4.78 is 0. The first-order valence-electron chi connectivity index (χ1n) is 4.61. The van der Waals surface area contributed by atoms with Crippen LogP contribution >= 0.6 is 11.3 Å². The maximum atomic E-state index is 9.94. The predicted octanol–water partition coefficient (Wildman–Crippen LogP) is 1.63. The Balaban J connectivity index is 2.49. The summed E-state index contributed by atoms with van der Waals surface area (Å²) in [6.45, 7) is 4.78. The fourth-order valence-electron chi connectivity index (χ4n) is 1.10. The molecule has 84 valence electrons. The lowest BCUT2D eigenvalue weighted by Crippen LogP contribution is -2.04. The molecule has 0 amide bonds. The molecule has 0 aliphatic rings. The van der Waals surface area contributed by atoms with Crippen LogP contribution in [0.3, 0.4) is 0 Å². The van der Waals surface area contributed by atoms with Gasteiger partial charge in [-0.15, -0.1) is 21.5 Å². The highest BCUT2D eigenvalue weighted by atomic mass is 32.1. The van der Waals surface area contributed by atoms with E-state index in [1.807, 2.05) is 13.8 Å². The number of aromatic nitrogens is 1. The van der Waals surface area contributed by atoms with Gasteiger partial charge >= 0.3 is 0 Å². The van der Waals surface area contributed by atoms with Crippen LogP contribution in [0.15, 0.2) is 0 Å². The summed E-state index contributed by atoms with van der Waals surface area (Å²) in [5.74, 6) is 0. The van der Waals surface area contributed by atoms with Gasteiger partial charge in [0.1, 0.15) is 6.61 Å². The number of nitrogens with one attached hydrogen (secondary N) is 1. The Morgan fingerprint density at radius 3 is 3.00 bits per heavy atom. The molecule has 0 unspecified atom stereocenters. The van der Waals surface area contributed by atoms with E-state index in [1.165, 1.54) is 11.3 Å². The van der Waals surface area contributed by atoms with E-state index in [9.17, 15) is 10.1 Å². The van der Waals surface area contributed by atoms with E-state index >= 15 is 0 Å². The van der Waals surface area contributed by atoms with E-state index in [0.717, 1.165) is 22.2 Å². The molecule has 0 fully saturated rings. The number of anilines is 1. The largest absolute Gasteiger partial charge is 0.362 e. The van der Waals surface area contributed by atoms with Crippen molar-refractivity contribution in [3.05, 3.63) is 20.7 Å². The van der Waals surface area contributed by atoms with Gasteiger partial charge in [-0.25, -0.2) is 4.98 Å². The average Bonchev–Trinajstić information content (AvgIpc) is 2.47. The third-order valence-electron chi connectivity index (χ3n) is 1.75. The molecule has 1 aromatic rings. The summed E-state index contributed by atoms with van der Waals surface area (Å²) in [5, 5.41) is 13.1. The Morgan fingerprint density at radius 2 is 2.40 bits per heavy atom. The molecule has 1 aromatic heterocycles. The van der Waals surface area contributed by atoms with Crippen molar-refractivity contribution in [2.75, 3.05) is 18.5 Å². The van der Waals surface area contributed by atoms with E-state index in [4.69, 9.17) is 0 Å². The van der Waals surface area contributed by atoms with Gasteiger partial charge in [-0.3, -0.25) is 0 Å². The molecule has 0 aliphatic carbocycles. The Morgan fingerprint density at radius 1 is 1.67 bits per heavy atom. The van der Waals surface area contributed by atoms with Crippen molar-refractivity contribution in [2.24, 2.45) is 0 Å². The van der Waals surface area contributed by atoms with Gasteiger partial charge < -0.3 is 10.2 Å². The number of thiazole rings is 1. The number of hydrogen-bond acceptors (Lipinski definition) is 6. The molecule has 0 aliphatic heterocycles. The van der Waals surface area contributed by atoms with Crippen molar-refractivity contribution in [1.29, 1.82) is 0 Å². The summed E-state index contributed by atoms with van der Waals surface area (Å²) in [7, 11) is 0. The Hall–Kier alpha value is -1.37. The number of aryl methyl sites for hydroxylation is 1. The molecule has 0 bridgehead atoms. The van der Waals surface area contributed by atoms with Crippen LogP contribution in [0.5, 0.6) is 0 Å². The normalized spacial score (nSPS) is 10.0. The van der Waals surface area contributed by atoms with Crippen LogP contribution in [0.25, 0.3) is 0 Å². The molecule has 7 heteroatoms. The fraction of sp³-hybridized carbons (Fsp3) is 0.625. The molecular formula is C8H13N3O3S. The van der Waals surface area contributed by atoms with E-state index in [-0.39, 0.29) is 6.61 Å². The van der Waals surface area contributed by atoms with Gasteiger partial charge in [0.25, 0.3) is 5.09 Å². The van der Waals surface area contributed by atoms with Crippen LogP contribution < -0.4 is 5.32 Å². The van der Waals surface area contributed by atoms with Crippen LogP contribution in [0, 0.1) is 17.0 Å². The first-order valence-corrected chi connectivity index (χ1v) is 5.42. The Kier molecular flexibility index (Phi) is 4.29. The minimum absolute atomic E-state index is 0.0849. The SMILES string of the molecule is CCNc1nc(C)c(CCO[N+](=O)[O-])s1. The first-order chi connectivity index (χ1) is 7.13. The molecule has 6 nitrogen and oxygen atoms in total. The van der Waals surface area contributed by atoms with Crippen LogP contribution in [0.2, 0.25) is 0 Å². The van der Waals surface area contributed by atoms with Crippen molar-refractivity contribution < 1.29 is 9.92 Å². The quantitative estimate of drug-likeness (QED) is 0.594. The Labute approximate surface area is 91.4 Å². The molecule has 0 radical (unpaired) electrons. The second-order valence-corrected chi connectivity index (χ2v) is 3.95. The smallest absolute Gasteiger partial charge is 0.294 e. The number of nitrogens with zero attached hydrogens (tertiary/aromatic N) is 2. The molecule has 1 N–H and O–H groups in total. The summed E-state index contributed by atoms with van der Waals surface area (Å²) in [4.78, 5) is 19.5. The van der Waals surface area contributed by atoms with E-state index < -0.39 is 5.09 Å². The molecule has 0 spiro atoms. The molecule has 0 saturated carbocycles. The summed E-state index contributed by atoms with van der Waals surface area (Å²) in [6, 6.07) is 0. The van der Waals surface area contributed by atoms with Crippen LogP contribution in [-0.4, -0.2) is 23.2 Å². The zero-order valence-corrected chi connectivity index (χ0v) is 9.47.